The quantitative estimate of drug-likeness (QED) is 0.708. The Balaban J connectivity index is 0.00000128. The molecule has 0 aliphatic heterocycles. The van der Waals surface area contributed by atoms with Gasteiger partial charge in [-0.1, -0.05) is 0 Å². The summed E-state index contributed by atoms with van der Waals surface area (Å²) in [6.07, 6.45) is 14.4. The summed E-state index contributed by atoms with van der Waals surface area (Å²) in [6, 6.07) is 0. The molecule has 0 aromatic carbocycles. The predicted molar refractivity (Wildman–Crippen MR) is 64.4 cm³/mol. The van der Waals surface area contributed by atoms with Crippen molar-refractivity contribution in [3.05, 3.63) is 42.0 Å². The van der Waals surface area contributed by atoms with Crippen LogP contribution in [0.4, 0.5) is 0 Å². The molecule has 0 bridgehead atoms. The van der Waals surface area contributed by atoms with Crippen LogP contribution in [0.15, 0.2) is 42.0 Å². The van der Waals surface area contributed by atoms with Crippen LogP contribution >= 0.6 is 0 Å². The molecule has 0 aromatic heterocycles. The van der Waals surface area contributed by atoms with Crippen molar-refractivity contribution in [3.63, 3.8) is 0 Å². The predicted octanol–water partition coefficient (Wildman–Crippen LogP) is 4.54. The first kappa shape index (κ1) is 11.3. The average molecular weight is 280 g/mol. The number of allylic oxidation sites excluding steroid dienone is 8. The molecule has 0 saturated heterocycles. The molecule has 15 heavy (non-hydrogen) atoms. The maximum Gasteiger partial charge on any atom is -1.00 e. The summed E-state index contributed by atoms with van der Waals surface area (Å²) in [7, 11) is 0. The van der Waals surface area contributed by atoms with E-state index in [1.165, 1.54) is 25.7 Å². The van der Waals surface area contributed by atoms with E-state index in [1.54, 1.807) is 11.1 Å². The van der Waals surface area contributed by atoms with Crippen LogP contribution in [0.5, 0.6) is 0 Å². The molecular weight excluding hydrogens is 259 g/mol. The van der Waals surface area contributed by atoms with E-state index in [-0.39, 0.29) is 2.85 Å². The van der Waals surface area contributed by atoms with E-state index in [9.17, 15) is 0 Å². The van der Waals surface area contributed by atoms with Gasteiger partial charge in [0.25, 0.3) is 0 Å². The van der Waals surface area contributed by atoms with Gasteiger partial charge in [-0.2, -0.15) is 0 Å². The summed E-state index contributed by atoms with van der Waals surface area (Å²) in [6.45, 7) is 4.57. The molecule has 2 aliphatic carbocycles. The topological polar surface area (TPSA) is 0 Å². The van der Waals surface area contributed by atoms with Gasteiger partial charge in [-0.25, -0.2) is 0 Å². The molecule has 0 amide bonds. The van der Waals surface area contributed by atoms with E-state index in [1.807, 2.05) is 6.56 Å². The smallest absolute Gasteiger partial charge is 1.00 e. The zero-order chi connectivity index (χ0) is 10.7. The van der Waals surface area contributed by atoms with Crippen LogP contribution in [-0.4, -0.2) is 0 Å². The maximum atomic E-state index is 2.35. The van der Waals surface area contributed by atoms with Gasteiger partial charge in [0.15, 0.2) is 0 Å². The number of rotatable bonds is 4. The number of hydrogen-bond donors (Lipinski definition) is 0. The van der Waals surface area contributed by atoms with Crippen molar-refractivity contribution in [1.82, 2.24) is 0 Å². The van der Waals surface area contributed by atoms with Crippen LogP contribution in [0.3, 0.4) is 0 Å². The molecule has 0 aromatic rings. The van der Waals surface area contributed by atoms with Gasteiger partial charge in [-0.3, -0.25) is 0 Å². The van der Waals surface area contributed by atoms with E-state index in [2.05, 4.69) is 38.2 Å². The van der Waals surface area contributed by atoms with Crippen LogP contribution in [0.1, 0.15) is 42.4 Å². The Morgan fingerprint density at radius 2 is 1.47 bits per heavy atom. The van der Waals surface area contributed by atoms with Gasteiger partial charge in [0.05, 0.1) is 0 Å². The first-order valence-corrected chi connectivity index (χ1v) is 8.35. The Kier molecular flexibility index (Phi) is 3.97. The van der Waals surface area contributed by atoms with Gasteiger partial charge in [-0.05, 0) is 0 Å². The molecule has 0 nitrogen and oxygen atoms in total. The summed E-state index contributed by atoms with van der Waals surface area (Å²) in [5.41, 5.74) is 3.30. The summed E-state index contributed by atoms with van der Waals surface area (Å²) in [4.78, 5) is 0. The Hall–Kier alpha value is -0.157. The summed E-state index contributed by atoms with van der Waals surface area (Å²) < 4.78 is 3.65. The van der Waals surface area contributed by atoms with Crippen molar-refractivity contribution in [3.8, 4) is 0 Å². The SMILES string of the molecule is CCC1=[C]([Zr][C]2=C(CC)C=CC2)CC=C1.[H-].[H-]. The van der Waals surface area contributed by atoms with Crippen molar-refractivity contribution in [2.75, 3.05) is 0 Å². The monoisotopic (exact) mass is 278 g/mol. The number of hydrogen-bond acceptors (Lipinski definition) is 0. The minimum atomic E-state index is -0.417. The Labute approximate surface area is 107 Å². The Morgan fingerprint density at radius 3 is 1.87 bits per heavy atom. The molecule has 0 atom stereocenters. The van der Waals surface area contributed by atoms with Gasteiger partial charge in [0.2, 0.25) is 0 Å². The molecule has 82 valence electrons. The third-order valence-corrected chi connectivity index (χ3v) is 7.19. The summed E-state index contributed by atoms with van der Waals surface area (Å²) in [5, 5.41) is 0. The summed E-state index contributed by atoms with van der Waals surface area (Å²) in [5.74, 6) is 0. The molecule has 0 N–H and O–H groups in total. The minimum absolute atomic E-state index is 0. The second kappa shape index (κ2) is 5.26. The molecule has 0 unspecified atom stereocenters. The van der Waals surface area contributed by atoms with E-state index in [4.69, 9.17) is 0 Å². The van der Waals surface area contributed by atoms with Gasteiger partial charge < -0.3 is 2.85 Å². The third kappa shape index (κ3) is 2.50. The Morgan fingerprint density at radius 1 is 1.00 bits per heavy atom. The normalized spacial score (nSPS) is 19.6. The van der Waals surface area contributed by atoms with Gasteiger partial charge in [-0.15, -0.1) is 0 Å². The van der Waals surface area contributed by atoms with Crippen LogP contribution < -0.4 is 0 Å². The van der Waals surface area contributed by atoms with Crippen molar-refractivity contribution in [2.24, 2.45) is 0 Å². The third-order valence-electron chi connectivity index (χ3n) is 3.12. The molecule has 1 heteroatoms. The summed E-state index contributed by atoms with van der Waals surface area (Å²) >= 11 is -0.417. The average Bonchev–Trinajstić information content (AvgIpc) is 2.87. The van der Waals surface area contributed by atoms with Crippen LogP contribution in [0.2, 0.25) is 0 Å². The molecule has 2 rings (SSSR count). The van der Waals surface area contributed by atoms with Gasteiger partial charge in [0.1, 0.15) is 0 Å². The standard InChI is InChI=1S/2C7H9.Zr.2H/c2*1-2-7-5-3-4-6-7;;;/h2*3,5H,2,4H2,1H3;;;/q;;;2*-1. The molecule has 0 saturated carbocycles. The van der Waals surface area contributed by atoms with Crippen molar-refractivity contribution in [1.29, 1.82) is 0 Å². The van der Waals surface area contributed by atoms with Crippen molar-refractivity contribution < 1.29 is 26.1 Å². The molecule has 2 aliphatic rings. The van der Waals surface area contributed by atoms with E-state index < -0.39 is 23.2 Å². The zero-order valence-electron chi connectivity index (χ0n) is 11.6. The van der Waals surface area contributed by atoms with Crippen LogP contribution in [0.25, 0.3) is 0 Å². The fraction of sp³-hybridized carbons (Fsp3) is 0.429. The zero-order valence-corrected chi connectivity index (χ0v) is 12.1. The largest absolute Gasteiger partial charge is 1.00 e. The van der Waals surface area contributed by atoms with E-state index in [0.717, 1.165) is 0 Å². The minimum Gasteiger partial charge on any atom is -1.00 e. The first-order valence-electron chi connectivity index (χ1n) is 5.89. The molecule has 0 radical (unpaired) electrons. The van der Waals surface area contributed by atoms with Crippen LogP contribution in [0, 0.1) is 0 Å². The second-order valence-electron chi connectivity index (χ2n) is 4.05. The second-order valence-corrected chi connectivity index (χ2v) is 7.63. The molecule has 0 fully saturated rings. The molecule has 0 spiro atoms. The van der Waals surface area contributed by atoms with Gasteiger partial charge >= 0.3 is 105 Å². The fourth-order valence-corrected chi connectivity index (χ4v) is 6.25. The van der Waals surface area contributed by atoms with Crippen molar-refractivity contribution in [2.45, 2.75) is 39.5 Å². The van der Waals surface area contributed by atoms with E-state index >= 15 is 0 Å². The van der Waals surface area contributed by atoms with Gasteiger partial charge in [0, 0.05) is 0 Å². The maximum absolute atomic E-state index is 2.35. The Bertz CT molecular complexity index is 340. The first-order chi connectivity index (χ1) is 7.35. The molecule has 0 heterocycles. The van der Waals surface area contributed by atoms with Crippen molar-refractivity contribution >= 4 is 0 Å². The fourth-order valence-electron chi connectivity index (χ4n) is 2.21. The van der Waals surface area contributed by atoms with Crippen LogP contribution in [-0.2, 0) is 23.2 Å². The molecular formula is C14H20Zr-2. The van der Waals surface area contributed by atoms with E-state index in [0.29, 0.717) is 0 Å².